The van der Waals surface area contributed by atoms with Crippen molar-refractivity contribution in [3.05, 3.63) is 24.3 Å². The van der Waals surface area contributed by atoms with Crippen LogP contribution in [-0.4, -0.2) is 14.2 Å². The molecule has 0 atom stereocenters. The molecule has 0 amide bonds. The Hall–Kier alpha value is -0.610. The summed E-state index contributed by atoms with van der Waals surface area (Å²) in [6.45, 7) is 9.39. The average Bonchev–Trinajstić information content (AvgIpc) is 1.86. The first-order valence-electron chi connectivity index (χ1n) is 3.54. The van der Waals surface area contributed by atoms with Crippen LogP contribution in [0.25, 0.3) is 0 Å². The molecule has 72 valence electrons. The lowest BCUT2D eigenvalue weighted by atomic mass is 10.3. The van der Waals surface area contributed by atoms with Crippen LogP contribution in [-0.2, 0) is 10.0 Å². The normalized spacial score (nSPS) is 9.33. The van der Waals surface area contributed by atoms with Crippen LogP contribution < -0.4 is 5.14 Å². The summed E-state index contributed by atoms with van der Waals surface area (Å²) in [6.07, 6.45) is 3.33. The highest BCUT2D eigenvalue weighted by Crippen LogP contribution is 1.82. The fourth-order valence-electron chi connectivity index (χ4n) is 0.164. The van der Waals surface area contributed by atoms with E-state index < -0.39 is 10.0 Å². The van der Waals surface area contributed by atoms with E-state index in [-0.39, 0.29) is 5.75 Å². The summed E-state index contributed by atoms with van der Waals surface area (Å²) in [5, 5.41) is 4.55. The first kappa shape index (κ1) is 13.9. The van der Waals surface area contributed by atoms with Crippen molar-refractivity contribution >= 4 is 10.0 Å². The van der Waals surface area contributed by atoms with E-state index in [1.54, 1.807) is 0 Å². The molecule has 0 rings (SSSR count). The van der Waals surface area contributed by atoms with Crippen molar-refractivity contribution in [3.63, 3.8) is 0 Å². The predicted molar refractivity (Wildman–Crippen MR) is 53.3 cm³/mol. The molecule has 0 aromatic rings. The van der Waals surface area contributed by atoms with Gasteiger partial charge in [0.15, 0.2) is 0 Å². The summed E-state index contributed by atoms with van der Waals surface area (Å²) in [4.78, 5) is 0. The summed E-state index contributed by atoms with van der Waals surface area (Å²) in [7, 11) is -3.29. The Kier molecular flexibility index (Phi) is 8.21. The summed E-state index contributed by atoms with van der Waals surface area (Å²) in [6, 6.07) is 0. The van der Waals surface area contributed by atoms with Gasteiger partial charge in [0.2, 0.25) is 10.0 Å². The van der Waals surface area contributed by atoms with E-state index in [0.29, 0.717) is 0 Å². The summed E-state index contributed by atoms with van der Waals surface area (Å²) in [5.41, 5.74) is 1.38. The predicted octanol–water partition coefficient (Wildman–Crippen LogP) is 1.43. The van der Waals surface area contributed by atoms with Crippen molar-refractivity contribution < 1.29 is 8.42 Å². The van der Waals surface area contributed by atoms with Gasteiger partial charge in [0.05, 0.1) is 5.75 Å². The van der Waals surface area contributed by atoms with Crippen LogP contribution in [0, 0.1) is 0 Å². The van der Waals surface area contributed by atoms with E-state index in [0.717, 1.165) is 0 Å². The second-order valence-electron chi connectivity index (χ2n) is 2.48. The van der Waals surface area contributed by atoms with Gasteiger partial charge in [0.25, 0.3) is 0 Å². The molecule has 0 aromatic heterocycles. The molecule has 0 aliphatic rings. The minimum absolute atomic E-state index is 0.146. The van der Waals surface area contributed by atoms with E-state index in [4.69, 9.17) is 0 Å². The third-order valence-electron chi connectivity index (χ3n) is 0.928. The molecule has 0 spiro atoms. The zero-order valence-electron chi connectivity index (χ0n) is 7.87. The molecule has 2 N–H and O–H groups in total. The minimum atomic E-state index is -3.29. The van der Waals surface area contributed by atoms with Gasteiger partial charge < -0.3 is 0 Å². The van der Waals surface area contributed by atoms with E-state index in [1.807, 2.05) is 6.92 Å². The Labute approximate surface area is 75.0 Å². The maximum Gasteiger partial charge on any atom is 0.212 e. The summed E-state index contributed by atoms with van der Waals surface area (Å²) < 4.78 is 19.9. The number of nitrogens with two attached hydrogens (primary N) is 1. The van der Waals surface area contributed by atoms with Gasteiger partial charge in [-0.15, -0.1) is 6.58 Å². The van der Waals surface area contributed by atoms with Crippen molar-refractivity contribution in [3.8, 4) is 0 Å². The monoisotopic (exact) mass is 191 g/mol. The van der Waals surface area contributed by atoms with Gasteiger partial charge in [-0.25, -0.2) is 13.6 Å². The second-order valence-corrected chi connectivity index (χ2v) is 4.14. The number of hydrogen-bond acceptors (Lipinski definition) is 2. The quantitative estimate of drug-likeness (QED) is 0.671. The van der Waals surface area contributed by atoms with Crippen molar-refractivity contribution in [1.82, 2.24) is 0 Å². The van der Waals surface area contributed by atoms with E-state index in [2.05, 4.69) is 31.6 Å². The van der Waals surface area contributed by atoms with Crippen molar-refractivity contribution in [1.29, 1.82) is 0 Å². The van der Waals surface area contributed by atoms with Crippen molar-refractivity contribution in [2.24, 2.45) is 5.14 Å². The molecule has 0 radical (unpaired) electrons. The van der Waals surface area contributed by atoms with Gasteiger partial charge in [0, 0.05) is 0 Å². The number of primary sulfonamides is 1. The molecule has 3 nitrogen and oxygen atoms in total. The zero-order chi connectivity index (χ0) is 10.2. The van der Waals surface area contributed by atoms with Crippen LogP contribution in [0.5, 0.6) is 0 Å². The molecule has 12 heavy (non-hydrogen) atoms. The van der Waals surface area contributed by atoms with Crippen LogP contribution in [0.1, 0.15) is 20.8 Å². The Bertz CT molecular complexity index is 236. The maximum atomic E-state index is 9.94. The Balaban J connectivity index is 0. The molecule has 0 bridgehead atoms. The molecule has 0 saturated heterocycles. The minimum Gasteiger partial charge on any atom is -0.228 e. The molecular weight excluding hydrogens is 174 g/mol. The Morgan fingerprint density at radius 2 is 1.83 bits per heavy atom. The third kappa shape index (κ3) is 22.8. The number of sulfonamides is 1. The van der Waals surface area contributed by atoms with Gasteiger partial charge in [-0.1, -0.05) is 17.7 Å². The number of hydrogen-bond donors (Lipinski definition) is 1. The van der Waals surface area contributed by atoms with Gasteiger partial charge >= 0.3 is 0 Å². The van der Waals surface area contributed by atoms with Crippen LogP contribution in [0.4, 0.5) is 0 Å². The lowest BCUT2D eigenvalue weighted by molar-refractivity contribution is 0.600. The lowest BCUT2D eigenvalue weighted by Crippen LogP contribution is -2.14. The van der Waals surface area contributed by atoms with Gasteiger partial charge in [0.1, 0.15) is 0 Å². The second kappa shape index (κ2) is 7.06. The smallest absolute Gasteiger partial charge is 0.212 e. The first-order chi connectivity index (χ1) is 5.33. The lowest BCUT2D eigenvalue weighted by Gasteiger charge is -1.83. The molecule has 4 heteroatoms. The van der Waals surface area contributed by atoms with Crippen LogP contribution in [0.2, 0.25) is 0 Å². The molecule has 0 heterocycles. The van der Waals surface area contributed by atoms with Crippen molar-refractivity contribution in [2.75, 3.05) is 5.75 Å². The topological polar surface area (TPSA) is 60.2 Å². The first-order valence-corrected chi connectivity index (χ1v) is 5.26. The third-order valence-corrected chi connectivity index (χ3v) is 1.63. The van der Waals surface area contributed by atoms with E-state index in [1.165, 1.54) is 11.6 Å². The summed E-state index contributed by atoms with van der Waals surface area (Å²) in [5.74, 6) is -0.146. The Morgan fingerprint density at radius 1 is 1.50 bits per heavy atom. The van der Waals surface area contributed by atoms with Crippen LogP contribution >= 0.6 is 0 Å². The number of allylic oxidation sites excluding steroid dienone is 2. The molecule has 0 saturated carbocycles. The average molecular weight is 191 g/mol. The molecule has 0 fully saturated rings. The SMILES string of the molecule is C=CCS(N)(=O)=O.CC=C(C)C. The highest BCUT2D eigenvalue weighted by atomic mass is 32.2. The number of rotatable bonds is 2. The highest BCUT2D eigenvalue weighted by molar-refractivity contribution is 7.89. The largest absolute Gasteiger partial charge is 0.228 e. The van der Waals surface area contributed by atoms with Crippen LogP contribution in [0.3, 0.4) is 0 Å². The molecular formula is C8H17NO2S. The fourth-order valence-corrected chi connectivity index (χ4v) is 0.493. The van der Waals surface area contributed by atoms with Gasteiger partial charge in [-0.2, -0.15) is 0 Å². The molecule has 0 unspecified atom stereocenters. The fraction of sp³-hybridized carbons (Fsp3) is 0.500. The van der Waals surface area contributed by atoms with Crippen LogP contribution in [0.15, 0.2) is 24.3 Å². The Morgan fingerprint density at radius 3 is 1.83 bits per heavy atom. The van der Waals surface area contributed by atoms with E-state index in [9.17, 15) is 8.42 Å². The molecule has 0 aliphatic carbocycles. The molecule has 0 aromatic carbocycles. The maximum absolute atomic E-state index is 9.94. The van der Waals surface area contributed by atoms with Gasteiger partial charge in [-0.05, 0) is 20.8 Å². The zero-order valence-corrected chi connectivity index (χ0v) is 8.69. The van der Waals surface area contributed by atoms with Gasteiger partial charge in [-0.3, -0.25) is 0 Å². The molecule has 0 aliphatic heterocycles. The standard InChI is InChI=1S/C5H10.C3H7NO2S/c1-4-5(2)3;1-2-3-7(4,5)6/h4H,1-3H3;2H,1,3H2,(H2,4,5,6). The van der Waals surface area contributed by atoms with E-state index >= 15 is 0 Å². The highest BCUT2D eigenvalue weighted by Gasteiger charge is 1.93. The van der Waals surface area contributed by atoms with Crippen molar-refractivity contribution in [2.45, 2.75) is 20.8 Å². The summed E-state index contributed by atoms with van der Waals surface area (Å²) >= 11 is 0.